The van der Waals surface area contributed by atoms with Gasteiger partial charge in [0, 0.05) is 17.8 Å². The third-order valence-electron chi connectivity index (χ3n) is 3.53. The minimum Gasteiger partial charge on any atom is -0.330 e. The highest BCUT2D eigenvalue weighted by molar-refractivity contribution is 7.12. The van der Waals surface area contributed by atoms with Crippen molar-refractivity contribution in [3.05, 3.63) is 46.7 Å². The SMILES string of the molecule is NCCCCCCC(=O)Nc1ccc(NC(=O)c2cccs2)cc1. The van der Waals surface area contributed by atoms with Gasteiger partial charge in [0.05, 0.1) is 4.88 Å². The Balaban J connectivity index is 1.75. The lowest BCUT2D eigenvalue weighted by atomic mass is 10.1. The van der Waals surface area contributed by atoms with Gasteiger partial charge in [-0.1, -0.05) is 18.9 Å². The highest BCUT2D eigenvalue weighted by Crippen LogP contribution is 2.17. The summed E-state index contributed by atoms with van der Waals surface area (Å²) in [4.78, 5) is 24.5. The first-order valence-corrected chi connectivity index (χ1v) is 9.02. The second kappa shape index (κ2) is 9.85. The molecule has 128 valence electrons. The maximum absolute atomic E-state index is 12.0. The standard InChI is InChI=1S/C18H23N3O2S/c19-12-4-2-1-3-7-17(22)20-14-8-10-15(11-9-14)21-18(23)16-6-5-13-24-16/h5-6,8-11,13H,1-4,7,12,19H2,(H,20,22)(H,21,23). The first-order valence-electron chi connectivity index (χ1n) is 8.14. The second-order valence-electron chi connectivity index (χ2n) is 5.51. The fraction of sp³-hybridized carbons (Fsp3) is 0.333. The molecule has 2 amide bonds. The van der Waals surface area contributed by atoms with Gasteiger partial charge in [-0.3, -0.25) is 9.59 Å². The van der Waals surface area contributed by atoms with Crippen LogP contribution in [0.5, 0.6) is 0 Å². The molecule has 0 radical (unpaired) electrons. The summed E-state index contributed by atoms with van der Waals surface area (Å²) in [5.74, 6) is -0.114. The molecule has 0 saturated heterocycles. The summed E-state index contributed by atoms with van der Waals surface area (Å²) in [7, 11) is 0. The average Bonchev–Trinajstić information content (AvgIpc) is 3.11. The number of amides is 2. The van der Waals surface area contributed by atoms with Gasteiger partial charge in [0.1, 0.15) is 0 Å². The van der Waals surface area contributed by atoms with Crippen molar-refractivity contribution < 1.29 is 9.59 Å². The summed E-state index contributed by atoms with van der Waals surface area (Å²) in [6.45, 7) is 0.710. The number of thiophene rings is 1. The molecule has 2 aromatic rings. The van der Waals surface area contributed by atoms with E-state index in [1.54, 1.807) is 30.3 Å². The molecule has 6 heteroatoms. The van der Waals surface area contributed by atoms with Gasteiger partial charge in [0.15, 0.2) is 0 Å². The predicted octanol–water partition coefficient (Wildman–Crippen LogP) is 3.85. The number of hydrogen-bond acceptors (Lipinski definition) is 4. The van der Waals surface area contributed by atoms with Crippen LogP contribution in [0.25, 0.3) is 0 Å². The van der Waals surface area contributed by atoms with Crippen molar-refractivity contribution in [3.63, 3.8) is 0 Å². The van der Waals surface area contributed by atoms with E-state index in [9.17, 15) is 9.59 Å². The van der Waals surface area contributed by atoms with Crippen molar-refractivity contribution in [1.29, 1.82) is 0 Å². The van der Waals surface area contributed by atoms with E-state index < -0.39 is 0 Å². The third kappa shape index (κ3) is 6.14. The largest absolute Gasteiger partial charge is 0.330 e. The first-order chi connectivity index (χ1) is 11.7. The fourth-order valence-corrected chi connectivity index (χ4v) is 2.86. The van der Waals surface area contributed by atoms with E-state index in [4.69, 9.17) is 5.73 Å². The Hall–Kier alpha value is -2.18. The van der Waals surface area contributed by atoms with Gasteiger partial charge in [-0.15, -0.1) is 11.3 Å². The molecule has 0 spiro atoms. The minimum absolute atomic E-state index is 0.0121. The summed E-state index contributed by atoms with van der Waals surface area (Å²) in [5, 5.41) is 7.56. The van der Waals surface area contributed by atoms with Crippen molar-refractivity contribution in [2.75, 3.05) is 17.2 Å². The molecule has 1 aromatic carbocycles. The molecule has 0 fully saturated rings. The predicted molar refractivity (Wildman–Crippen MR) is 99.5 cm³/mol. The third-order valence-corrected chi connectivity index (χ3v) is 4.40. The Morgan fingerprint density at radius 1 is 0.917 bits per heavy atom. The van der Waals surface area contributed by atoms with Crippen molar-refractivity contribution in [3.8, 4) is 0 Å². The lowest BCUT2D eigenvalue weighted by Gasteiger charge is -2.07. The molecule has 1 aromatic heterocycles. The number of benzene rings is 1. The van der Waals surface area contributed by atoms with Crippen LogP contribution in [0.2, 0.25) is 0 Å². The van der Waals surface area contributed by atoms with Crippen LogP contribution in [0.3, 0.4) is 0 Å². The lowest BCUT2D eigenvalue weighted by Crippen LogP contribution is -2.12. The molecule has 0 atom stereocenters. The van der Waals surface area contributed by atoms with Gasteiger partial charge in [0.2, 0.25) is 5.91 Å². The van der Waals surface area contributed by atoms with Crippen LogP contribution >= 0.6 is 11.3 Å². The van der Waals surface area contributed by atoms with E-state index in [0.29, 0.717) is 23.5 Å². The molecule has 4 N–H and O–H groups in total. The Kier molecular flexibility index (Phi) is 7.45. The van der Waals surface area contributed by atoms with Gasteiger partial charge >= 0.3 is 0 Å². The number of carbonyl (C=O) groups is 2. The maximum Gasteiger partial charge on any atom is 0.265 e. The number of anilines is 2. The van der Waals surface area contributed by atoms with E-state index in [1.165, 1.54) is 11.3 Å². The van der Waals surface area contributed by atoms with Crippen molar-refractivity contribution in [2.24, 2.45) is 5.73 Å². The number of rotatable bonds is 9. The van der Waals surface area contributed by atoms with E-state index in [2.05, 4.69) is 10.6 Å². The summed E-state index contributed by atoms with van der Waals surface area (Å²) >= 11 is 1.40. The first kappa shape index (κ1) is 18.2. The van der Waals surface area contributed by atoms with Gasteiger partial charge in [-0.25, -0.2) is 0 Å². The van der Waals surface area contributed by atoms with Crippen LogP contribution < -0.4 is 16.4 Å². The lowest BCUT2D eigenvalue weighted by molar-refractivity contribution is -0.116. The zero-order valence-corrected chi connectivity index (χ0v) is 14.4. The summed E-state index contributed by atoms with van der Waals surface area (Å²) in [5.41, 5.74) is 6.87. The summed E-state index contributed by atoms with van der Waals surface area (Å²) in [6.07, 6.45) is 4.50. The minimum atomic E-state index is -0.126. The molecule has 0 aliphatic rings. The topological polar surface area (TPSA) is 84.2 Å². The molecule has 24 heavy (non-hydrogen) atoms. The highest BCUT2D eigenvalue weighted by Gasteiger charge is 2.07. The molecular formula is C18H23N3O2S. The number of nitrogens with two attached hydrogens (primary N) is 1. The molecule has 0 aliphatic heterocycles. The van der Waals surface area contributed by atoms with Crippen LogP contribution in [0.1, 0.15) is 41.8 Å². The number of hydrogen-bond donors (Lipinski definition) is 3. The Morgan fingerprint density at radius 3 is 2.21 bits per heavy atom. The van der Waals surface area contributed by atoms with Crippen LogP contribution in [-0.2, 0) is 4.79 Å². The summed E-state index contributed by atoms with van der Waals surface area (Å²) in [6, 6.07) is 10.8. The Morgan fingerprint density at radius 2 is 1.58 bits per heavy atom. The Labute approximate surface area is 146 Å². The molecule has 5 nitrogen and oxygen atoms in total. The van der Waals surface area contributed by atoms with Crippen molar-refractivity contribution >= 4 is 34.5 Å². The van der Waals surface area contributed by atoms with E-state index in [1.807, 2.05) is 11.4 Å². The molecule has 1 heterocycles. The fourth-order valence-electron chi connectivity index (χ4n) is 2.24. The molecule has 0 unspecified atom stereocenters. The smallest absolute Gasteiger partial charge is 0.265 e. The zero-order valence-electron chi connectivity index (χ0n) is 13.6. The van der Waals surface area contributed by atoms with Gasteiger partial charge in [0.25, 0.3) is 5.91 Å². The molecule has 0 saturated carbocycles. The summed E-state index contributed by atoms with van der Waals surface area (Å²) < 4.78 is 0. The number of unbranched alkanes of at least 4 members (excludes halogenated alkanes) is 3. The van der Waals surface area contributed by atoms with Crippen LogP contribution in [-0.4, -0.2) is 18.4 Å². The zero-order chi connectivity index (χ0) is 17.2. The van der Waals surface area contributed by atoms with E-state index in [0.717, 1.165) is 31.4 Å². The normalized spacial score (nSPS) is 10.4. The van der Waals surface area contributed by atoms with Crippen LogP contribution in [0, 0.1) is 0 Å². The monoisotopic (exact) mass is 345 g/mol. The molecule has 0 bridgehead atoms. The molecule has 2 rings (SSSR count). The van der Waals surface area contributed by atoms with Crippen LogP contribution in [0.15, 0.2) is 41.8 Å². The number of carbonyl (C=O) groups excluding carboxylic acids is 2. The highest BCUT2D eigenvalue weighted by atomic mass is 32.1. The Bertz CT molecular complexity index is 639. The van der Waals surface area contributed by atoms with Crippen molar-refractivity contribution in [2.45, 2.75) is 32.1 Å². The second-order valence-corrected chi connectivity index (χ2v) is 6.46. The van der Waals surface area contributed by atoms with E-state index in [-0.39, 0.29) is 11.8 Å². The average molecular weight is 345 g/mol. The van der Waals surface area contributed by atoms with E-state index >= 15 is 0 Å². The molecule has 0 aliphatic carbocycles. The van der Waals surface area contributed by atoms with Gasteiger partial charge in [-0.05, 0) is 55.1 Å². The molecular weight excluding hydrogens is 322 g/mol. The van der Waals surface area contributed by atoms with Gasteiger partial charge in [-0.2, -0.15) is 0 Å². The quantitative estimate of drug-likeness (QED) is 0.604. The van der Waals surface area contributed by atoms with Crippen molar-refractivity contribution in [1.82, 2.24) is 0 Å². The van der Waals surface area contributed by atoms with Crippen LogP contribution in [0.4, 0.5) is 11.4 Å². The van der Waals surface area contributed by atoms with Gasteiger partial charge < -0.3 is 16.4 Å². The number of nitrogens with one attached hydrogen (secondary N) is 2. The maximum atomic E-state index is 12.0.